The van der Waals surface area contributed by atoms with E-state index in [0.29, 0.717) is 11.6 Å². The number of hydrogen-bond acceptors (Lipinski definition) is 5. The Hall–Kier alpha value is -2.11. The molecule has 0 N–H and O–H groups in total. The first-order valence-corrected chi connectivity index (χ1v) is 6.64. The van der Waals surface area contributed by atoms with E-state index in [1.54, 1.807) is 12.1 Å². The zero-order valence-corrected chi connectivity index (χ0v) is 11.7. The first-order valence-electron chi connectivity index (χ1n) is 6.64. The Bertz CT molecular complexity index is 530. The largest absolute Gasteiger partial charge is 0.465 e. The van der Waals surface area contributed by atoms with Crippen molar-refractivity contribution in [3.05, 3.63) is 33.9 Å². The summed E-state index contributed by atoms with van der Waals surface area (Å²) in [4.78, 5) is 24.3. The van der Waals surface area contributed by atoms with Crippen molar-refractivity contribution in [3.63, 3.8) is 0 Å². The second-order valence-corrected chi connectivity index (χ2v) is 5.15. The average molecular weight is 278 g/mol. The minimum atomic E-state index is -0.563. The molecule has 1 heterocycles. The maximum absolute atomic E-state index is 11.5. The lowest BCUT2D eigenvalue weighted by Gasteiger charge is -2.32. The van der Waals surface area contributed by atoms with E-state index in [2.05, 4.69) is 11.7 Å². The molecule has 6 nitrogen and oxygen atoms in total. The van der Waals surface area contributed by atoms with Crippen LogP contribution in [0.25, 0.3) is 0 Å². The average Bonchev–Trinajstić information content (AvgIpc) is 2.45. The number of benzene rings is 1. The van der Waals surface area contributed by atoms with Gasteiger partial charge in [0.05, 0.1) is 17.6 Å². The molecule has 1 atom stereocenters. The van der Waals surface area contributed by atoms with E-state index in [-0.39, 0.29) is 11.3 Å². The Labute approximate surface area is 117 Å². The SMILES string of the molecule is COC(=O)c1ccc(N2CCC[C@H](C)C2)c([N+](=O)[O-])c1. The molecule has 0 bridgehead atoms. The van der Waals surface area contributed by atoms with Crippen LogP contribution >= 0.6 is 0 Å². The van der Waals surface area contributed by atoms with Gasteiger partial charge in [0.2, 0.25) is 0 Å². The normalized spacial score (nSPS) is 18.7. The van der Waals surface area contributed by atoms with Crippen LogP contribution in [0, 0.1) is 16.0 Å². The predicted molar refractivity (Wildman–Crippen MR) is 75.0 cm³/mol. The number of nitrogens with zero attached hydrogens (tertiary/aromatic N) is 2. The molecule has 0 radical (unpaired) electrons. The van der Waals surface area contributed by atoms with Crippen molar-refractivity contribution >= 4 is 17.3 Å². The second-order valence-electron chi connectivity index (χ2n) is 5.15. The number of nitro benzene ring substituents is 1. The summed E-state index contributed by atoms with van der Waals surface area (Å²) >= 11 is 0. The van der Waals surface area contributed by atoms with Crippen LogP contribution < -0.4 is 4.90 Å². The molecule has 1 aromatic carbocycles. The second kappa shape index (κ2) is 5.90. The lowest BCUT2D eigenvalue weighted by molar-refractivity contribution is -0.384. The Morgan fingerprint density at radius 1 is 1.50 bits per heavy atom. The summed E-state index contributed by atoms with van der Waals surface area (Å²) in [5.74, 6) is -0.0460. The van der Waals surface area contributed by atoms with Gasteiger partial charge in [0.15, 0.2) is 0 Å². The van der Waals surface area contributed by atoms with Crippen LogP contribution in [0.2, 0.25) is 0 Å². The molecule has 1 saturated heterocycles. The zero-order chi connectivity index (χ0) is 14.7. The topological polar surface area (TPSA) is 72.7 Å². The van der Waals surface area contributed by atoms with Crippen molar-refractivity contribution in [2.45, 2.75) is 19.8 Å². The van der Waals surface area contributed by atoms with E-state index < -0.39 is 10.9 Å². The fourth-order valence-electron chi connectivity index (χ4n) is 2.59. The van der Waals surface area contributed by atoms with Crippen LogP contribution in [-0.4, -0.2) is 31.1 Å². The number of methoxy groups -OCH3 is 1. The van der Waals surface area contributed by atoms with Crippen molar-refractivity contribution in [1.29, 1.82) is 0 Å². The highest BCUT2D eigenvalue weighted by Crippen LogP contribution is 2.32. The Kier molecular flexibility index (Phi) is 4.22. The molecular formula is C14H18N2O4. The van der Waals surface area contributed by atoms with Gasteiger partial charge in [-0.1, -0.05) is 6.92 Å². The van der Waals surface area contributed by atoms with Gasteiger partial charge in [-0.15, -0.1) is 0 Å². The molecule has 1 aliphatic rings. The molecule has 108 valence electrons. The minimum absolute atomic E-state index is 0.0398. The number of carbonyl (C=O) groups is 1. The van der Waals surface area contributed by atoms with Crippen LogP contribution in [0.4, 0.5) is 11.4 Å². The number of carbonyl (C=O) groups excluding carboxylic acids is 1. The van der Waals surface area contributed by atoms with Gasteiger partial charge in [-0.2, -0.15) is 0 Å². The number of anilines is 1. The zero-order valence-electron chi connectivity index (χ0n) is 11.7. The highest BCUT2D eigenvalue weighted by atomic mass is 16.6. The van der Waals surface area contributed by atoms with Crippen molar-refractivity contribution in [2.24, 2.45) is 5.92 Å². The fourth-order valence-corrected chi connectivity index (χ4v) is 2.59. The summed E-state index contributed by atoms with van der Waals surface area (Å²) in [6, 6.07) is 4.51. The van der Waals surface area contributed by atoms with Gasteiger partial charge >= 0.3 is 5.97 Å². The first kappa shape index (κ1) is 14.3. The number of piperidine rings is 1. The summed E-state index contributed by atoms with van der Waals surface area (Å²) < 4.78 is 4.60. The van der Waals surface area contributed by atoms with Gasteiger partial charge in [-0.05, 0) is 30.9 Å². The van der Waals surface area contributed by atoms with Crippen molar-refractivity contribution in [3.8, 4) is 0 Å². The van der Waals surface area contributed by atoms with Gasteiger partial charge in [0.25, 0.3) is 5.69 Å². The molecule has 2 rings (SSSR count). The molecule has 6 heteroatoms. The van der Waals surface area contributed by atoms with Gasteiger partial charge < -0.3 is 9.64 Å². The number of nitro groups is 1. The Balaban J connectivity index is 2.37. The third-order valence-corrected chi connectivity index (χ3v) is 3.59. The van der Waals surface area contributed by atoms with Crippen molar-refractivity contribution in [1.82, 2.24) is 0 Å². The highest BCUT2D eigenvalue weighted by Gasteiger charge is 2.25. The molecule has 0 aromatic heterocycles. The van der Waals surface area contributed by atoms with E-state index in [4.69, 9.17) is 0 Å². The smallest absolute Gasteiger partial charge is 0.338 e. The third-order valence-electron chi connectivity index (χ3n) is 3.59. The van der Waals surface area contributed by atoms with Crippen LogP contribution in [0.1, 0.15) is 30.1 Å². The monoisotopic (exact) mass is 278 g/mol. The molecule has 0 unspecified atom stereocenters. The first-order chi connectivity index (χ1) is 9.52. The van der Waals surface area contributed by atoms with Crippen molar-refractivity contribution < 1.29 is 14.5 Å². The van der Waals surface area contributed by atoms with Crippen LogP contribution in [0.3, 0.4) is 0 Å². The quantitative estimate of drug-likeness (QED) is 0.483. The molecule has 0 spiro atoms. The van der Waals surface area contributed by atoms with E-state index in [0.717, 1.165) is 25.9 Å². The maximum Gasteiger partial charge on any atom is 0.338 e. The molecule has 1 fully saturated rings. The number of esters is 1. The summed E-state index contributed by atoms with van der Waals surface area (Å²) in [6.45, 7) is 3.75. The van der Waals surface area contributed by atoms with Crippen LogP contribution in [-0.2, 0) is 4.74 Å². The van der Waals surface area contributed by atoms with Gasteiger partial charge in [-0.3, -0.25) is 10.1 Å². The Morgan fingerprint density at radius 3 is 2.85 bits per heavy atom. The van der Waals surface area contributed by atoms with Crippen LogP contribution in [0.5, 0.6) is 0 Å². The van der Waals surface area contributed by atoms with E-state index in [9.17, 15) is 14.9 Å². The summed E-state index contributed by atoms with van der Waals surface area (Å²) in [6.07, 6.45) is 2.17. The number of ether oxygens (including phenoxy) is 1. The van der Waals surface area contributed by atoms with Crippen molar-refractivity contribution in [2.75, 3.05) is 25.1 Å². The van der Waals surface area contributed by atoms with Gasteiger partial charge in [-0.25, -0.2) is 4.79 Å². The lowest BCUT2D eigenvalue weighted by Crippen LogP contribution is -2.34. The lowest BCUT2D eigenvalue weighted by atomic mass is 9.99. The molecular weight excluding hydrogens is 260 g/mol. The Morgan fingerprint density at radius 2 is 2.25 bits per heavy atom. The molecule has 0 aliphatic carbocycles. The maximum atomic E-state index is 11.5. The summed E-state index contributed by atoms with van der Waals surface area (Å²) in [5.41, 5.74) is 0.740. The summed E-state index contributed by atoms with van der Waals surface area (Å²) in [7, 11) is 1.26. The highest BCUT2D eigenvalue weighted by molar-refractivity contribution is 5.91. The molecule has 1 aliphatic heterocycles. The van der Waals surface area contributed by atoms with E-state index in [1.165, 1.54) is 13.2 Å². The van der Waals surface area contributed by atoms with Gasteiger partial charge in [0, 0.05) is 19.2 Å². The van der Waals surface area contributed by atoms with E-state index in [1.807, 2.05) is 4.90 Å². The standard InChI is InChI=1S/C14H18N2O4/c1-10-4-3-7-15(9-10)12-6-5-11(14(17)20-2)8-13(12)16(18)19/h5-6,8,10H,3-4,7,9H2,1-2H3/t10-/m0/s1. The molecule has 20 heavy (non-hydrogen) atoms. The molecule has 0 saturated carbocycles. The van der Waals surface area contributed by atoms with Gasteiger partial charge in [0.1, 0.15) is 5.69 Å². The van der Waals surface area contributed by atoms with E-state index >= 15 is 0 Å². The summed E-state index contributed by atoms with van der Waals surface area (Å²) in [5, 5.41) is 11.2. The fraction of sp³-hybridized carbons (Fsp3) is 0.500. The third kappa shape index (κ3) is 2.89. The minimum Gasteiger partial charge on any atom is -0.465 e. The number of rotatable bonds is 3. The predicted octanol–water partition coefficient (Wildman–Crippen LogP) is 2.62. The molecule has 1 aromatic rings. The number of hydrogen-bond donors (Lipinski definition) is 0. The molecule has 0 amide bonds. The van der Waals surface area contributed by atoms with Crippen LogP contribution in [0.15, 0.2) is 18.2 Å².